The second-order valence-electron chi connectivity index (χ2n) is 6.44. The molecule has 0 bridgehead atoms. The SMILES string of the molecule is C[C@H](CNc1oc(C(C)(C)C)nc1C#N)N1CCOCC1. The van der Waals surface area contributed by atoms with Gasteiger partial charge in [-0.25, -0.2) is 0 Å². The van der Waals surface area contributed by atoms with Crippen LogP contribution in [0.3, 0.4) is 0 Å². The highest BCUT2D eigenvalue weighted by molar-refractivity contribution is 5.45. The third-order valence-corrected chi connectivity index (χ3v) is 3.60. The normalized spacial score (nSPS) is 18.2. The maximum atomic E-state index is 9.17. The first kappa shape index (κ1) is 15.8. The fourth-order valence-corrected chi connectivity index (χ4v) is 2.22. The Kier molecular flexibility index (Phi) is 4.86. The van der Waals surface area contributed by atoms with Gasteiger partial charge in [-0.2, -0.15) is 10.2 Å². The molecule has 0 unspecified atom stereocenters. The van der Waals surface area contributed by atoms with E-state index < -0.39 is 0 Å². The number of aromatic nitrogens is 1. The van der Waals surface area contributed by atoms with Crippen LogP contribution in [0.1, 0.15) is 39.3 Å². The van der Waals surface area contributed by atoms with Crippen LogP contribution in [0, 0.1) is 11.3 Å². The minimum absolute atomic E-state index is 0.207. The van der Waals surface area contributed by atoms with Crippen molar-refractivity contribution < 1.29 is 9.15 Å². The Balaban J connectivity index is 1.99. The second kappa shape index (κ2) is 6.46. The van der Waals surface area contributed by atoms with E-state index in [1.807, 2.05) is 20.8 Å². The summed E-state index contributed by atoms with van der Waals surface area (Å²) < 4.78 is 11.1. The van der Waals surface area contributed by atoms with Crippen LogP contribution in [0.15, 0.2) is 4.42 Å². The van der Waals surface area contributed by atoms with Gasteiger partial charge in [0.05, 0.1) is 13.2 Å². The van der Waals surface area contributed by atoms with Crippen molar-refractivity contribution in [1.29, 1.82) is 5.26 Å². The number of ether oxygens (including phenoxy) is 1. The van der Waals surface area contributed by atoms with Gasteiger partial charge in [-0.15, -0.1) is 0 Å². The summed E-state index contributed by atoms with van der Waals surface area (Å²) in [7, 11) is 0. The first-order chi connectivity index (χ1) is 9.91. The van der Waals surface area contributed by atoms with Gasteiger partial charge in [-0.05, 0) is 6.92 Å². The first-order valence-electron chi connectivity index (χ1n) is 7.39. The molecule has 1 aromatic rings. The van der Waals surface area contributed by atoms with Crippen LogP contribution in [0.5, 0.6) is 0 Å². The van der Waals surface area contributed by atoms with Gasteiger partial charge in [0.1, 0.15) is 6.07 Å². The number of morpholine rings is 1. The molecule has 1 saturated heterocycles. The zero-order chi connectivity index (χ0) is 15.5. The minimum Gasteiger partial charge on any atom is -0.423 e. The molecular formula is C15H24N4O2. The highest BCUT2D eigenvalue weighted by atomic mass is 16.5. The van der Waals surface area contributed by atoms with E-state index in [1.54, 1.807) is 0 Å². The maximum absolute atomic E-state index is 9.17. The van der Waals surface area contributed by atoms with Crippen molar-refractivity contribution in [3.05, 3.63) is 11.6 Å². The highest BCUT2D eigenvalue weighted by Crippen LogP contribution is 2.26. The molecule has 6 heteroatoms. The van der Waals surface area contributed by atoms with Gasteiger partial charge < -0.3 is 14.5 Å². The van der Waals surface area contributed by atoms with Crippen LogP contribution in [0.2, 0.25) is 0 Å². The molecule has 1 aliphatic rings. The third-order valence-electron chi connectivity index (χ3n) is 3.60. The van der Waals surface area contributed by atoms with Gasteiger partial charge in [0, 0.05) is 31.1 Å². The number of rotatable bonds is 4. The highest BCUT2D eigenvalue weighted by Gasteiger charge is 2.24. The van der Waals surface area contributed by atoms with Crippen LogP contribution in [0.4, 0.5) is 5.88 Å². The smallest absolute Gasteiger partial charge is 0.232 e. The van der Waals surface area contributed by atoms with Crippen molar-refractivity contribution in [3.8, 4) is 6.07 Å². The van der Waals surface area contributed by atoms with Crippen LogP contribution in [-0.4, -0.2) is 48.8 Å². The second-order valence-corrected chi connectivity index (χ2v) is 6.44. The summed E-state index contributed by atoms with van der Waals surface area (Å²) in [4.78, 5) is 6.63. The Labute approximate surface area is 126 Å². The quantitative estimate of drug-likeness (QED) is 0.914. The van der Waals surface area contributed by atoms with E-state index in [-0.39, 0.29) is 5.41 Å². The van der Waals surface area contributed by atoms with Crippen molar-refractivity contribution in [2.75, 3.05) is 38.2 Å². The molecule has 2 heterocycles. The molecule has 6 nitrogen and oxygen atoms in total. The largest absolute Gasteiger partial charge is 0.423 e. The summed E-state index contributed by atoms with van der Waals surface area (Å²) in [5, 5.41) is 12.4. The van der Waals surface area contributed by atoms with Gasteiger partial charge in [-0.1, -0.05) is 20.8 Å². The Hall–Kier alpha value is -1.58. The standard InChI is InChI=1S/C15H24N4O2/c1-11(19-5-7-20-8-6-19)10-17-13-12(9-16)18-14(21-13)15(2,3)4/h11,17H,5-8,10H2,1-4H3/t11-/m1/s1. The van der Waals surface area contributed by atoms with Crippen molar-refractivity contribution in [3.63, 3.8) is 0 Å². The lowest BCUT2D eigenvalue weighted by Crippen LogP contribution is -2.45. The topological polar surface area (TPSA) is 74.3 Å². The van der Waals surface area contributed by atoms with Gasteiger partial charge in [-0.3, -0.25) is 4.90 Å². The molecule has 0 aromatic carbocycles. The Morgan fingerprint density at radius 3 is 2.62 bits per heavy atom. The Morgan fingerprint density at radius 2 is 2.05 bits per heavy atom. The Bertz CT molecular complexity index is 507. The van der Waals surface area contributed by atoms with E-state index in [4.69, 9.17) is 9.15 Å². The van der Waals surface area contributed by atoms with Gasteiger partial charge >= 0.3 is 0 Å². The van der Waals surface area contributed by atoms with Crippen molar-refractivity contribution in [1.82, 2.24) is 9.88 Å². The fraction of sp³-hybridized carbons (Fsp3) is 0.733. The van der Waals surface area contributed by atoms with Gasteiger partial charge in [0.2, 0.25) is 17.5 Å². The van der Waals surface area contributed by atoms with Gasteiger partial charge in [0.15, 0.2) is 0 Å². The van der Waals surface area contributed by atoms with E-state index >= 15 is 0 Å². The van der Waals surface area contributed by atoms with E-state index in [9.17, 15) is 5.26 Å². The molecule has 0 aliphatic carbocycles. The molecule has 1 N–H and O–H groups in total. The monoisotopic (exact) mass is 292 g/mol. The number of anilines is 1. The van der Waals surface area contributed by atoms with Crippen LogP contribution >= 0.6 is 0 Å². The van der Waals surface area contributed by atoms with E-state index in [2.05, 4.69) is 28.2 Å². The number of nitrogens with zero attached hydrogens (tertiary/aromatic N) is 3. The molecule has 1 atom stereocenters. The fourth-order valence-electron chi connectivity index (χ4n) is 2.22. The molecule has 1 aromatic heterocycles. The van der Waals surface area contributed by atoms with Gasteiger partial charge in [0.25, 0.3) is 0 Å². The molecule has 21 heavy (non-hydrogen) atoms. The zero-order valence-corrected chi connectivity index (χ0v) is 13.3. The molecular weight excluding hydrogens is 268 g/mol. The van der Waals surface area contributed by atoms with E-state index in [0.717, 1.165) is 26.3 Å². The molecule has 2 rings (SSSR count). The molecule has 0 radical (unpaired) electrons. The number of oxazole rings is 1. The average Bonchev–Trinajstić information content (AvgIpc) is 2.89. The number of nitrogens with one attached hydrogen (secondary N) is 1. The number of hydrogen-bond donors (Lipinski definition) is 1. The summed E-state index contributed by atoms with van der Waals surface area (Å²) in [6.07, 6.45) is 0. The van der Waals surface area contributed by atoms with Crippen molar-refractivity contribution in [2.45, 2.75) is 39.2 Å². The molecule has 0 saturated carbocycles. The van der Waals surface area contributed by atoms with E-state index in [0.29, 0.717) is 30.1 Å². The average molecular weight is 292 g/mol. The summed E-state index contributed by atoms with van der Waals surface area (Å²) in [5.74, 6) is 1.06. The minimum atomic E-state index is -0.207. The zero-order valence-electron chi connectivity index (χ0n) is 13.3. The summed E-state index contributed by atoms with van der Waals surface area (Å²) in [6.45, 7) is 12.4. The third kappa shape index (κ3) is 3.96. The first-order valence-corrected chi connectivity index (χ1v) is 7.39. The lowest BCUT2D eigenvalue weighted by Gasteiger charge is -2.32. The lowest BCUT2D eigenvalue weighted by atomic mass is 9.97. The van der Waals surface area contributed by atoms with Crippen molar-refractivity contribution in [2.24, 2.45) is 0 Å². The van der Waals surface area contributed by atoms with Crippen LogP contribution < -0.4 is 5.32 Å². The summed E-state index contributed by atoms with van der Waals surface area (Å²) in [6, 6.07) is 2.44. The Morgan fingerprint density at radius 1 is 1.38 bits per heavy atom. The van der Waals surface area contributed by atoms with Crippen LogP contribution in [0.25, 0.3) is 0 Å². The molecule has 116 valence electrons. The summed E-state index contributed by atoms with van der Waals surface area (Å²) >= 11 is 0. The number of nitriles is 1. The lowest BCUT2D eigenvalue weighted by molar-refractivity contribution is 0.0226. The predicted octanol–water partition coefficient (Wildman–Crippen LogP) is 1.98. The van der Waals surface area contributed by atoms with Crippen molar-refractivity contribution >= 4 is 5.88 Å². The molecule has 1 aliphatic heterocycles. The molecule has 1 fully saturated rings. The van der Waals surface area contributed by atoms with Crippen LogP contribution in [-0.2, 0) is 10.2 Å². The van der Waals surface area contributed by atoms with E-state index in [1.165, 1.54) is 0 Å². The number of hydrogen-bond acceptors (Lipinski definition) is 6. The summed E-state index contributed by atoms with van der Waals surface area (Å²) in [5.41, 5.74) is 0.121. The molecule has 0 amide bonds. The molecule has 0 spiro atoms. The maximum Gasteiger partial charge on any atom is 0.232 e. The predicted molar refractivity (Wildman–Crippen MR) is 80.3 cm³/mol.